The van der Waals surface area contributed by atoms with Crippen LogP contribution in [0.3, 0.4) is 0 Å². The minimum absolute atomic E-state index is 0.323. The summed E-state index contributed by atoms with van der Waals surface area (Å²) < 4.78 is 13.8. The Labute approximate surface area is 164 Å². The van der Waals surface area contributed by atoms with Gasteiger partial charge in [0.25, 0.3) is 0 Å². The summed E-state index contributed by atoms with van der Waals surface area (Å²) in [6, 6.07) is 14.6. The van der Waals surface area contributed by atoms with Crippen LogP contribution in [0.25, 0.3) is 11.4 Å². The number of nitrogens with one attached hydrogen (secondary N) is 2. The average molecular weight is 398 g/mol. The lowest BCUT2D eigenvalue weighted by Crippen LogP contribution is -1.92. The molecule has 136 valence electrons. The summed E-state index contributed by atoms with van der Waals surface area (Å²) in [6.07, 6.45) is 0. The number of halogens is 1. The number of thiazole rings is 1. The van der Waals surface area contributed by atoms with Gasteiger partial charge in [0.1, 0.15) is 5.82 Å². The Kier molecular flexibility index (Phi) is 5.17. The van der Waals surface area contributed by atoms with Crippen LogP contribution >= 0.6 is 23.1 Å². The number of anilines is 2. The Balaban J connectivity index is 1.39. The fourth-order valence-electron chi connectivity index (χ4n) is 2.48. The quantitative estimate of drug-likeness (QED) is 0.426. The monoisotopic (exact) mass is 397 g/mol. The molecule has 27 heavy (non-hydrogen) atoms. The number of H-pyrrole nitrogens is 1. The van der Waals surface area contributed by atoms with Crippen LogP contribution < -0.4 is 5.32 Å². The molecule has 4 rings (SSSR count). The zero-order valence-corrected chi connectivity index (χ0v) is 16.1. The van der Waals surface area contributed by atoms with Crippen LogP contribution in [0.4, 0.5) is 15.2 Å². The molecule has 0 aliphatic heterocycles. The molecule has 0 unspecified atom stereocenters. The number of aromatic nitrogens is 4. The highest BCUT2D eigenvalue weighted by Crippen LogP contribution is 2.27. The molecular formula is C19H16FN5S2. The molecule has 5 nitrogen and oxygen atoms in total. The minimum atomic E-state index is -0.323. The van der Waals surface area contributed by atoms with Crippen molar-refractivity contribution in [2.45, 2.75) is 17.8 Å². The van der Waals surface area contributed by atoms with Gasteiger partial charge < -0.3 is 5.32 Å². The van der Waals surface area contributed by atoms with Crippen LogP contribution in [0, 0.1) is 12.7 Å². The third-order valence-electron chi connectivity index (χ3n) is 3.88. The van der Waals surface area contributed by atoms with E-state index in [9.17, 15) is 4.39 Å². The van der Waals surface area contributed by atoms with Gasteiger partial charge in [-0.25, -0.2) is 14.4 Å². The first-order valence-corrected chi connectivity index (χ1v) is 10.1. The molecule has 0 spiro atoms. The van der Waals surface area contributed by atoms with Crippen LogP contribution in [0.1, 0.15) is 11.3 Å². The smallest absolute Gasteiger partial charge is 0.209 e. The molecule has 0 atom stereocenters. The van der Waals surface area contributed by atoms with Crippen molar-refractivity contribution < 1.29 is 4.39 Å². The molecular weight excluding hydrogens is 381 g/mol. The first-order valence-electron chi connectivity index (χ1n) is 8.26. The Hall–Kier alpha value is -2.71. The third-order valence-corrected chi connectivity index (χ3v) is 5.57. The molecule has 4 aromatic rings. The molecule has 2 aromatic carbocycles. The predicted octanol–water partition coefficient (Wildman–Crippen LogP) is 5.41. The predicted molar refractivity (Wildman–Crippen MR) is 108 cm³/mol. The van der Waals surface area contributed by atoms with Crippen molar-refractivity contribution in [3.63, 3.8) is 0 Å². The number of aryl methyl sites for hydroxylation is 1. The largest absolute Gasteiger partial charge is 0.331 e. The minimum Gasteiger partial charge on any atom is -0.331 e. The Morgan fingerprint density at radius 1 is 1.11 bits per heavy atom. The summed E-state index contributed by atoms with van der Waals surface area (Å²) in [5.74, 6) is 0.743. The van der Waals surface area contributed by atoms with Crippen LogP contribution in [0.5, 0.6) is 0 Å². The zero-order valence-electron chi connectivity index (χ0n) is 14.4. The number of thioether (sulfide) groups is 1. The maximum atomic E-state index is 13.8. The van der Waals surface area contributed by atoms with Crippen LogP contribution in [-0.2, 0) is 5.75 Å². The lowest BCUT2D eigenvalue weighted by Gasteiger charge is -2.05. The molecule has 0 fully saturated rings. The Morgan fingerprint density at radius 3 is 2.78 bits per heavy atom. The number of hydrogen-bond acceptors (Lipinski definition) is 6. The molecule has 0 saturated carbocycles. The van der Waals surface area contributed by atoms with Crippen molar-refractivity contribution >= 4 is 33.9 Å². The lowest BCUT2D eigenvalue weighted by atomic mass is 10.2. The van der Waals surface area contributed by atoms with E-state index in [0.29, 0.717) is 22.3 Å². The van der Waals surface area contributed by atoms with E-state index in [4.69, 9.17) is 0 Å². The summed E-state index contributed by atoms with van der Waals surface area (Å²) in [5, 5.41) is 13.7. The van der Waals surface area contributed by atoms with Gasteiger partial charge in [0, 0.05) is 16.8 Å². The molecule has 2 heterocycles. The normalized spacial score (nSPS) is 10.9. The van der Waals surface area contributed by atoms with Gasteiger partial charge in [-0.3, -0.25) is 5.10 Å². The lowest BCUT2D eigenvalue weighted by molar-refractivity contribution is 0.630. The van der Waals surface area contributed by atoms with Crippen molar-refractivity contribution in [1.82, 2.24) is 20.2 Å². The van der Waals surface area contributed by atoms with Crippen molar-refractivity contribution in [3.8, 4) is 11.4 Å². The highest BCUT2D eigenvalue weighted by atomic mass is 32.2. The number of para-hydroxylation sites is 1. The number of aromatic amines is 1. The Morgan fingerprint density at radius 2 is 1.93 bits per heavy atom. The number of nitrogens with zero attached hydrogens (tertiary/aromatic N) is 3. The van der Waals surface area contributed by atoms with E-state index in [-0.39, 0.29) is 5.82 Å². The summed E-state index contributed by atoms with van der Waals surface area (Å²) in [5.41, 5.74) is 3.58. The average Bonchev–Trinajstić information content (AvgIpc) is 3.32. The van der Waals surface area contributed by atoms with E-state index >= 15 is 0 Å². The summed E-state index contributed by atoms with van der Waals surface area (Å²) in [6.45, 7) is 2.06. The molecule has 0 bridgehead atoms. The maximum absolute atomic E-state index is 13.8. The van der Waals surface area contributed by atoms with Crippen molar-refractivity contribution in [3.05, 3.63) is 71.0 Å². The first-order chi connectivity index (χ1) is 13.2. The summed E-state index contributed by atoms with van der Waals surface area (Å²) >= 11 is 3.02. The van der Waals surface area contributed by atoms with Crippen molar-refractivity contribution in [2.24, 2.45) is 0 Å². The van der Waals surface area contributed by atoms with E-state index in [1.165, 1.54) is 23.4 Å². The van der Waals surface area contributed by atoms with Crippen molar-refractivity contribution in [1.29, 1.82) is 0 Å². The van der Waals surface area contributed by atoms with Crippen LogP contribution in [0.2, 0.25) is 0 Å². The van der Waals surface area contributed by atoms with E-state index in [0.717, 1.165) is 16.5 Å². The van der Waals surface area contributed by atoms with Crippen LogP contribution in [0.15, 0.2) is 59.1 Å². The third kappa shape index (κ3) is 4.17. The summed E-state index contributed by atoms with van der Waals surface area (Å²) in [4.78, 5) is 8.96. The SMILES string of the molecule is Cc1ccccc1Nc1nc(CSc2n[nH]c(-c3ccccc3F)n2)cs1. The van der Waals surface area contributed by atoms with E-state index in [1.807, 2.05) is 23.6 Å². The fourth-order valence-corrected chi connectivity index (χ4v) is 4.00. The standard InChI is InChI=1S/C19H16FN5S2/c1-12-6-2-5-9-16(12)22-18-21-13(10-26-18)11-27-19-23-17(24-25-19)14-7-3-4-8-15(14)20/h2-10H,11H2,1H3,(H,21,22)(H,23,24,25). The zero-order chi connectivity index (χ0) is 18.6. The second kappa shape index (κ2) is 7.89. The van der Waals surface area contributed by atoms with Gasteiger partial charge in [-0.15, -0.1) is 16.4 Å². The molecule has 2 N–H and O–H groups in total. The molecule has 0 amide bonds. The van der Waals surface area contributed by atoms with E-state index < -0.39 is 0 Å². The van der Waals surface area contributed by atoms with Gasteiger partial charge in [-0.2, -0.15) is 0 Å². The van der Waals surface area contributed by atoms with Gasteiger partial charge in [0.2, 0.25) is 5.16 Å². The van der Waals surface area contributed by atoms with Crippen molar-refractivity contribution in [2.75, 3.05) is 5.32 Å². The second-order valence-electron chi connectivity index (χ2n) is 5.82. The van der Waals surface area contributed by atoms with Gasteiger partial charge in [0.05, 0.1) is 11.3 Å². The second-order valence-corrected chi connectivity index (χ2v) is 7.62. The number of rotatable bonds is 6. The maximum Gasteiger partial charge on any atom is 0.209 e. The molecule has 0 radical (unpaired) electrons. The topological polar surface area (TPSA) is 66.5 Å². The Bertz CT molecular complexity index is 1060. The molecule has 0 aliphatic carbocycles. The molecule has 8 heteroatoms. The highest BCUT2D eigenvalue weighted by molar-refractivity contribution is 7.98. The first kappa shape index (κ1) is 17.7. The van der Waals surface area contributed by atoms with Gasteiger partial charge in [-0.05, 0) is 30.7 Å². The molecule has 0 saturated heterocycles. The number of hydrogen-bond donors (Lipinski definition) is 2. The van der Waals surface area contributed by atoms with Gasteiger partial charge >= 0.3 is 0 Å². The molecule has 0 aliphatic rings. The fraction of sp³-hybridized carbons (Fsp3) is 0.105. The van der Waals surface area contributed by atoms with Crippen LogP contribution in [-0.4, -0.2) is 20.2 Å². The van der Waals surface area contributed by atoms with E-state index in [2.05, 4.69) is 38.5 Å². The molecule has 2 aromatic heterocycles. The number of benzene rings is 2. The van der Waals surface area contributed by atoms with Gasteiger partial charge in [0.15, 0.2) is 11.0 Å². The highest BCUT2D eigenvalue weighted by Gasteiger charge is 2.11. The van der Waals surface area contributed by atoms with E-state index in [1.54, 1.807) is 29.5 Å². The van der Waals surface area contributed by atoms with Gasteiger partial charge in [-0.1, -0.05) is 42.1 Å². The summed E-state index contributed by atoms with van der Waals surface area (Å²) in [7, 11) is 0.